The summed E-state index contributed by atoms with van der Waals surface area (Å²) < 4.78 is 13.0. The zero-order chi connectivity index (χ0) is 11.5. The van der Waals surface area contributed by atoms with Gasteiger partial charge in [0.1, 0.15) is 5.82 Å². The number of aliphatic hydroxyl groups excluding tert-OH is 1. The lowest BCUT2D eigenvalue weighted by atomic mass is 10.0. The molecule has 84 valence electrons. The number of hydrogen-bond donors (Lipinski definition) is 3. The van der Waals surface area contributed by atoms with Crippen LogP contribution in [0.25, 0.3) is 0 Å². The Balaban J connectivity index is 2.83. The van der Waals surface area contributed by atoms with Gasteiger partial charge in [0.15, 0.2) is 0 Å². The summed E-state index contributed by atoms with van der Waals surface area (Å²) in [5, 5.41) is 12.0. The molecule has 1 rings (SSSR count). The fourth-order valence-electron chi connectivity index (χ4n) is 1.34. The molecule has 4 N–H and O–H groups in total. The van der Waals surface area contributed by atoms with Crippen molar-refractivity contribution < 1.29 is 9.50 Å². The maximum absolute atomic E-state index is 13.0. The Labute approximate surface area is 89.1 Å². The van der Waals surface area contributed by atoms with Crippen LogP contribution in [0.4, 0.5) is 15.8 Å². The van der Waals surface area contributed by atoms with E-state index in [9.17, 15) is 4.39 Å². The Morgan fingerprint density at radius 1 is 1.47 bits per heavy atom. The monoisotopic (exact) mass is 212 g/mol. The summed E-state index contributed by atoms with van der Waals surface area (Å²) in [4.78, 5) is 0. The molecule has 0 amide bonds. The molecule has 1 aromatic rings. The number of hydrogen-bond acceptors (Lipinski definition) is 3. The maximum atomic E-state index is 13.0. The molecule has 1 aromatic carbocycles. The van der Waals surface area contributed by atoms with Crippen LogP contribution in [-0.4, -0.2) is 17.3 Å². The number of benzene rings is 1. The van der Waals surface area contributed by atoms with Crippen molar-refractivity contribution in [2.75, 3.05) is 17.7 Å². The van der Waals surface area contributed by atoms with Crippen LogP contribution in [0.1, 0.15) is 20.3 Å². The van der Waals surface area contributed by atoms with Crippen molar-refractivity contribution in [3.05, 3.63) is 24.0 Å². The molecule has 0 saturated heterocycles. The highest BCUT2D eigenvalue weighted by Crippen LogP contribution is 2.24. The minimum Gasteiger partial charge on any atom is -0.397 e. The second-order valence-corrected chi connectivity index (χ2v) is 4.21. The van der Waals surface area contributed by atoms with E-state index in [0.29, 0.717) is 17.8 Å². The van der Waals surface area contributed by atoms with Crippen molar-refractivity contribution in [3.8, 4) is 0 Å². The Bertz CT molecular complexity index is 339. The van der Waals surface area contributed by atoms with E-state index in [1.54, 1.807) is 0 Å². The minimum atomic E-state index is -0.327. The number of halogens is 1. The molecule has 0 aliphatic carbocycles. The molecule has 0 saturated carbocycles. The Hall–Kier alpha value is -1.29. The molecule has 0 bridgehead atoms. The van der Waals surface area contributed by atoms with Gasteiger partial charge in [-0.2, -0.15) is 0 Å². The Morgan fingerprint density at radius 2 is 2.13 bits per heavy atom. The van der Waals surface area contributed by atoms with Crippen LogP contribution < -0.4 is 11.1 Å². The summed E-state index contributed by atoms with van der Waals surface area (Å²) in [5.41, 5.74) is 6.46. The van der Waals surface area contributed by atoms with Gasteiger partial charge in [-0.1, -0.05) is 0 Å². The van der Waals surface area contributed by atoms with Gasteiger partial charge in [-0.05, 0) is 38.5 Å². The number of rotatable bonds is 4. The van der Waals surface area contributed by atoms with E-state index in [1.807, 2.05) is 13.8 Å². The average Bonchev–Trinajstić information content (AvgIpc) is 2.10. The molecule has 0 fully saturated rings. The summed E-state index contributed by atoms with van der Waals surface area (Å²) >= 11 is 0. The largest absolute Gasteiger partial charge is 0.397 e. The molecular formula is C11H17FN2O. The van der Waals surface area contributed by atoms with Crippen molar-refractivity contribution in [1.29, 1.82) is 0 Å². The highest BCUT2D eigenvalue weighted by atomic mass is 19.1. The molecule has 0 unspecified atom stereocenters. The smallest absolute Gasteiger partial charge is 0.125 e. The van der Waals surface area contributed by atoms with Crippen LogP contribution in [0, 0.1) is 5.82 Å². The van der Waals surface area contributed by atoms with Crippen LogP contribution in [0.15, 0.2) is 18.2 Å². The lowest BCUT2D eigenvalue weighted by Crippen LogP contribution is -2.32. The molecule has 0 aromatic heterocycles. The number of aliphatic hydroxyl groups is 1. The van der Waals surface area contributed by atoms with Gasteiger partial charge >= 0.3 is 0 Å². The topological polar surface area (TPSA) is 58.3 Å². The summed E-state index contributed by atoms with van der Waals surface area (Å²) in [6.07, 6.45) is 0.572. The fraction of sp³-hybridized carbons (Fsp3) is 0.455. The van der Waals surface area contributed by atoms with Crippen LogP contribution in [0.5, 0.6) is 0 Å². The predicted molar refractivity (Wildman–Crippen MR) is 60.2 cm³/mol. The summed E-state index contributed by atoms with van der Waals surface area (Å²) in [5.74, 6) is -0.327. The highest BCUT2D eigenvalue weighted by molar-refractivity contribution is 5.66. The van der Waals surface area contributed by atoms with Gasteiger partial charge in [0.05, 0.1) is 11.4 Å². The third kappa shape index (κ3) is 3.40. The molecule has 0 heterocycles. The normalized spacial score (nSPS) is 11.5. The van der Waals surface area contributed by atoms with Crippen molar-refractivity contribution >= 4 is 11.4 Å². The molecule has 0 aliphatic rings. The first-order chi connectivity index (χ1) is 6.94. The zero-order valence-electron chi connectivity index (χ0n) is 9.05. The maximum Gasteiger partial charge on any atom is 0.125 e. The first-order valence-corrected chi connectivity index (χ1v) is 4.89. The second-order valence-electron chi connectivity index (χ2n) is 4.21. The van der Waals surface area contributed by atoms with E-state index in [0.717, 1.165) is 0 Å². The fourth-order valence-corrected chi connectivity index (χ4v) is 1.34. The SMILES string of the molecule is CC(C)(CCO)Nc1cc(F)ccc1N. The van der Waals surface area contributed by atoms with E-state index in [-0.39, 0.29) is 18.0 Å². The summed E-state index contributed by atoms with van der Waals surface area (Å²) in [6.45, 7) is 3.93. The van der Waals surface area contributed by atoms with E-state index in [2.05, 4.69) is 5.32 Å². The van der Waals surface area contributed by atoms with Crippen molar-refractivity contribution in [1.82, 2.24) is 0 Å². The number of nitrogens with one attached hydrogen (secondary N) is 1. The van der Waals surface area contributed by atoms with Crippen LogP contribution in [0.2, 0.25) is 0 Å². The lowest BCUT2D eigenvalue weighted by molar-refractivity contribution is 0.261. The van der Waals surface area contributed by atoms with Gasteiger partial charge in [-0.3, -0.25) is 0 Å². The average molecular weight is 212 g/mol. The van der Waals surface area contributed by atoms with Crippen molar-refractivity contribution in [2.24, 2.45) is 0 Å². The van der Waals surface area contributed by atoms with Gasteiger partial charge in [0.25, 0.3) is 0 Å². The van der Waals surface area contributed by atoms with E-state index in [4.69, 9.17) is 10.8 Å². The van der Waals surface area contributed by atoms with Gasteiger partial charge in [-0.15, -0.1) is 0 Å². The van der Waals surface area contributed by atoms with Gasteiger partial charge in [-0.25, -0.2) is 4.39 Å². The first kappa shape index (κ1) is 11.8. The van der Waals surface area contributed by atoms with E-state index in [1.165, 1.54) is 18.2 Å². The number of anilines is 2. The lowest BCUT2D eigenvalue weighted by Gasteiger charge is -2.27. The van der Waals surface area contributed by atoms with Crippen molar-refractivity contribution in [2.45, 2.75) is 25.8 Å². The molecule has 0 aliphatic heterocycles. The summed E-state index contributed by atoms with van der Waals surface area (Å²) in [7, 11) is 0. The van der Waals surface area contributed by atoms with Crippen LogP contribution in [-0.2, 0) is 0 Å². The second kappa shape index (κ2) is 4.49. The Kier molecular flexibility index (Phi) is 3.52. The third-order valence-electron chi connectivity index (χ3n) is 2.23. The van der Waals surface area contributed by atoms with Crippen LogP contribution >= 0.6 is 0 Å². The van der Waals surface area contributed by atoms with Crippen molar-refractivity contribution in [3.63, 3.8) is 0 Å². The summed E-state index contributed by atoms with van der Waals surface area (Å²) in [6, 6.07) is 4.20. The van der Waals surface area contributed by atoms with Gasteiger partial charge in [0.2, 0.25) is 0 Å². The van der Waals surface area contributed by atoms with E-state index < -0.39 is 0 Å². The minimum absolute atomic E-state index is 0.0786. The van der Waals surface area contributed by atoms with Gasteiger partial charge in [0, 0.05) is 12.1 Å². The van der Waals surface area contributed by atoms with Gasteiger partial charge < -0.3 is 16.2 Å². The molecule has 3 nitrogen and oxygen atoms in total. The quantitative estimate of drug-likeness (QED) is 0.669. The zero-order valence-corrected chi connectivity index (χ0v) is 9.05. The number of nitrogens with two attached hydrogens (primary N) is 1. The molecular weight excluding hydrogens is 195 g/mol. The highest BCUT2D eigenvalue weighted by Gasteiger charge is 2.17. The standard InChI is InChI=1S/C11H17FN2O/c1-11(2,5-6-15)14-10-7-8(12)3-4-9(10)13/h3-4,7,14-15H,5-6,13H2,1-2H3. The predicted octanol–water partition coefficient (Wildman–Crippen LogP) is 1.98. The molecule has 0 atom stereocenters. The first-order valence-electron chi connectivity index (χ1n) is 4.89. The van der Waals surface area contributed by atoms with Crippen LogP contribution in [0.3, 0.4) is 0 Å². The molecule has 4 heteroatoms. The molecule has 15 heavy (non-hydrogen) atoms. The molecule has 0 radical (unpaired) electrons. The number of nitrogen functional groups attached to an aromatic ring is 1. The third-order valence-corrected chi connectivity index (χ3v) is 2.23. The molecule has 0 spiro atoms. The Morgan fingerprint density at radius 3 is 2.73 bits per heavy atom. The van der Waals surface area contributed by atoms with E-state index >= 15 is 0 Å².